The van der Waals surface area contributed by atoms with Crippen LogP contribution in [0.1, 0.15) is 10.6 Å². The predicted molar refractivity (Wildman–Crippen MR) is 102 cm³/mol. The van der Waals surface area contributed by atoms with Crippen LogP contribution in [0.5, 0.6) is 0 Å². The first-order valence-corrected chi connectivity index (χ1v) is 8.38. The van der Waals surface area contributed by atoms with Gasteiger partial charge in [0.25, 0.3) is 0 Å². The van der Waals surface area contributed by atoms with Crippen LogP contribution >= 0.6 is 11.3 Å². The Labute approximate surface area is 141 Å². The molecular formula is C19H21N3S. The van der Waals surface area contributed by atoms with Crippen molar-refractivity contribution in [2.45, 2.75) is 0 Å². The molecule has 23 heavy (non-hydrogen) atoms. The summed E-state index contributed by atoms with van der Waals surface area (Å²) in [5, 5.41) is 1.05. The molecule has 3 nitrogen and oxygen atoms in total. The highest BCUT2D eigenvalue weighted by Gasteiger charge is 2.12. The molecule has 0 radical (unpaired) electrons. The molecule has 2 aromatic carbocycles. The lowest BCUT2D eigenvalue weighted by atomic mass is 10.2. The molecule has 0 N–H and O–H groups in total. The largest absolute Gasteiger partial charge is 0.378 e. The number of benzene rings is 2. The molecule has 4 heteroatoms. The Balaban J connectivity index is 2.07. The van der Waals surface area contributed by atoms with E-state index in [4.69, 9.17) is 4.98 Å². The zero-order valence-corrected chi connectivity index (χ0v) is 14.8. The normalized spacial score (nSPS) is 11.7. The van der Waals surface area contributed by atoms with Crippen LogP contribution in [0.3, 0.4) is 0 Å². The molecule has 0 unspecified atom stereocenters. The third-order valence-electron chi connectivity index (χ3n) is 3.69. The summed E-state index contributed by atoms with van der Waals surface area (Å²) in [5.74, 6) is 0. The topological polar surface area (TPSA) is 19.4 Å². The van der Waals surface area contributed by atoms with Crippen molar-refractivity contribution in [2.75, 3.05) is 33.1 Å². The lowest BCUT2D eigenvalue weighted by Crippen LogP contribution is -2.09. The van der Waals surface area contributed by atoms with Gasteiger partial charge >= 0.3 is 0 Å². The minimum atomic E-state index is 1.05. The lowest BCUT2D eigenvalue weighted by Gasteiger charge is -2.15. The molecule has 0 bridgehead atoms. The monoisotopic (exact) mass is 323 g/mol. The van der Waals surface area contributed by atoms with Gasteiger partial charge in [-0.25, -0.2) is 4.98 Å². The van der Waals surface area contributed by atoms with Crippen molar-refractivity contribution in [3.63, 3.8) is 0 Å². The van der Waals surface area contributed by atoms with E-state index in [1.165, 1.54) is 16.0 Å². The minimum Gasteiger partial charge on any atom is -0.378 e. The highest BCUT2D eigenvalue weighted by atomic mass is 32.1. The molecule has 0 saturated heterocycles. The van der Waals surface area contributed by atoms with E-state index in [1.54, 1.807) is 11.3 Å². The van der Waals surface area contributed by atoms with E-state index < -0.39 is 0 Å². The SMILES string of the molecule is CN(C)C(=Cc1ccccc1)c1nc2ccc(N(C)C)cc2s1. The second-order valence-electron chi connectivity index (χ2n) is 5.90. The minimum absolute atomic E-state index is 1.05. The van der Waals surface area contributed by atoms with Crippen LogP contribution < -0.4 is 4.90 Å². The molecule has 118 valence electrons. The van der Waals surface area contributed by atoms with E-state index in [-0.39, 0.29) is 0 Å². The van der Waals surface area contributed by atoms with Crippen LogP contribution in [0.2, 0.25) is 0 Å². The zero-order chi connectivity index (χ0) is 16.4. The number of aromatic nitrogens is 1. The zero-order valence-electron chi connectivity index (χ0n) is 13.9. The highest BCUT2D eigenvalue weighted by molar-refractivity contribution is 7.19. The molecule has 0 fully saturated rings. The average Bonchev–Trinajstić information content (AvgIpc) is 2.95. The summed E-state index contributed by atoms with van der Waals surface area (Å²) in [4.78, 5) is 9.06. The number of hydrogen-bond donors (Lipinski definition) is 0. The van der Waals surface area contributed by atoms with Gasteiger partial charge in [0.2, 0.25) is 0 Å². The van der Waals surface area contributed by atoms with Crippen molar-refractivity contribution in [3.05, 3.63) is 59.1 Å². The van der Waals surface area contributed by atoms with E-state index in [2.05, 4.69) is 86.5 Å². The number of nitrogens with zero attached hydrogens (tertiary/aromatic N) is 3. The Morgan fingerprint density at radius 1 is 1.00 bits per heavy atom. The maximum atomic E-state index is 4.82. The van der Waals surface area contributed by atoms with Gasteiger partial charge in [-0.2, -0.15) is 0 Å². The smallest absolute Gasteiger partial charge is 0.140 e. The molecule has 3 rings (SSSR count). The first kappa shape index (κ1) is 15.6. The van der Waals surface area contributed by atoms with Gasteiger partial charge in [-0.15, -0.1) is 11.3 Å². The second-order valence-corrected chi connectivity index (χ2v) is 6.93. The first-order valence-electron chi connectivity index (χ1n) is 7.57. The second kappa shape index (κ2) is 6.42. The molecule has 0 aliphatic carbocycles. The van der Waals surface area contributed by atoms with Crippen LogP contribution in [0.15, 0.2) is 48.5 Å². The molecule has 0 spiro atoms. The fourth-order valence-electron chi connectivity index (χ4n) is 2.39. The third-order valence-corrected chi connectivity index (χ3v) is 4.73. The summed E-state index contributed by atoms with van der Waals surface area (Å²) in [6, 6.07) is 16.8. The summed E-state index contributed by atoms with van der Waals surface area (Å²) in [6.45, 7) is 0. The van der Waals surface area contributed by atoms with Crippen molar-refractivity contribution in [3.8, 4) is 0 Å². The first-order chi connectivity index (χ1) is 11.0. The van der Waals surface area contributed by atoms with Crippen LogP contribution in [0.25, 0.3) is 22.0 Å². The number of rotatable bonds is 4. The number of hydrogen-bond acceptors (Lipinski definition) is 4. The quantitative estimate of drug-likeness (QED) is 0.708. The number of anilines is 1. The van der Waals surface area contributed by atoms with Crippen LogP contribution in [0, 0.1) is 0 Å². The predicted octanol–water partition coefficient (Wildman–Crippen LogP) is 4.42. The van der Waals surface area contributed by atoms with Crippen molar-refractivity contribution in [2.24, 2.45) is 0 Å². The number of fused-ring (bicyclic) bond motifs is 1. The third kappa shape index (κ3) is 3.37. The Hall–Kier alpha value is -2.33. The van der Waals surface area contributed by atoms with E-state index in [9.17, 15) is 0 Å². The molecule has 0 aliphatic heterocycles. The van der Waals surface area contributed by atoms with Gasteiger partial charge in [-0.05, 0) is 29.8 Å². The number of thiazole rings is 1. The summed E-state index contributed by atoms with van der Waals surface area (Å²) in [7, 11) is 8.24. The molecule has 0 amide bonds. The Morgan fingerprint density at radius 3 is 2.39 bits per heavy atom. The van der Waals surface area contributed by atoms with Gasteiger partial charge in [0.05, 0.1) is 15.9 Å². The lowest BCUT2D eigenvalue weighted by molar-refractivity contribution is 0.594. The highest BCUT2D eigenvalue weighted by Crippen LogP contribution is 2.31. The van der Waals surface area contributed by atoms with E-state index >= 15 is 0 Å². The average molecular weight is 323 g/mol. The Bertz CT molecular complexity index is 832. The van der Waals surface area contributed by atoms with Crippen LogP contribution in [0.4, 0.5) is 5.69 Å². The van der Waals surface area contributed by atoms with E-state index in [1.807, 2.05) is 6.07 Å². The maximum absolute atomic E-state index is 4.82. The van der Waals surface area contributed by atoms with Gasteiger partial charge in [-0.1, -0.05) is 30.3 Å². The van der Waals surface area contributed by atoms with Gasteiger partial charge in [0.15, 0.2) is 0 Å². The van der Waals surface area contributed by atoms with Gasteiger partial charge in [0.1, 0.15) is 5.01 Å². The molecule has 1 heterocycles. The van der Waals surface area contributed by atoms with Gasteiger partial charge in [-0.3, -0.25) is 0 Å². The van der Waals surface area contributed by atoms with Gasteiger partial charge < -0.3 is 9.80 Å². The molecular weight excluding hydrogens is 302 g/mol. The maximum Gasteiger partial charge on any atom is 0.140 e. The summed E-state index contributed by atoms with van der Waals surface area (Å²) in [6.07, 6.45) is 2.19. The fraction of sp³-hybridized carbons (Fsp3) is 0.211. The van der Waals surface area contributed by atoms with Crippen molar-refractivity contribution in [1.82, 2.24) is 9.88 Å². The fourth-order valence-corrected chi connectivity index (χ4v) is 3.49. The van der Waals surface area contributed by atoms with Crippen LogP contribution in [-0.4, -0.2) is 38.1 Å². The van der Waals surface area contributed by atoms with Crippen molar-refractivity contribution in [1.29, 1.82) is 0 Å². The van der Waals surface area contributed by atoms with Crippen LogP contribution in [-0.2, 0) is 0 Å². The molecule has 3 aromatic rings. The van der Waals surface area contributed by atoms with Crippen molar-refractivity contribution >= 4 is 39.0 Å². The van der Waals surface area contributed by atoms with E-state index in [0.29, 0.717) is 0 Å². The Kier molecular flexibility index (Phi) is 4.35. The molecule has 0 saturated carbocycles. The van der Waals surface area contributed by atoms with Crippen molar-refractivity contribution < 1.29 is 0 Å². The summed E-state index contributed by atoms with van der Waals surface area (Å²) >= 11 is 1.74. The van der Waals surface area contributed by atoms with Gasteiger partial charge in [0, 0.05) is 33.9 Å². The Morgan fingerprint density at radius 2 is 1.74 bits per heavy atom. The molecule has 1 aromatic heterocycles. The van der Waals surface area contributed by atoms with E-state index in [0.717, 1.165) is 16.2 Å². The molecule has 0 aliphatic rings. The molecule has 0 atom stereocenters. The summed E-state index contributed by atoms with van der Waals surface area (Å²) < 4.78 is 1.21. The standard InChI is InChI=1S/C19H21N3S/c1-21(2)15-10-11-16-18(13-15)23-19(20-16)17(22(3)4)12-14-8-6-5-7-9-14/h5-13H,1-4H3. The summed E-state index contributed by atoms with van der Waals surface area (Å²) in [5.41, 5.74) is 4.57.